The fourth-order valence-corrected chi connectivity index (χ4v) is 0.956. The smallest absolute Gasteiger partial charge is 0.250 e. The lowest BCUT2D eigenvalue weighted by molar-refractivity contribution is -0.126. The van der Waals surface area contributed by atoms with Crippen LogP contribution in [-0.2, 0) is 4.79 Å². The Morgan fingerprint density at radius 2 is 2.36 bits per heavy atom. The van der Waals surface area contributed by atoms with E-state index in [4.69, 9.17) is 16.7 Å². The SMILES string of the molecule is CCC(Cl)C(=O)N(S)CCO. The van der Waals surface area contributed by atoms with Crippen molar-refractivity contribution >= 4 is 30.3 Å². The molecular weight excluding hydrogens is 186 g/mol. The van der Waals surface area contributed by atoms with E-state index < -0.39 is 5.38 Å². The number of carbonyl (C=O) groups excluding carboxylic acids is 1. The Balaban J connectivity index is 3.81. The number of aliphatic hydroxyl groups is 1. The molecular formula is C6H12ClNO2S. The van der Waals surface area contributed by atoms with Crippen molar-refractivity contribution in [3.8, 4) is 0 Å². The van der Waals surface area contributed by atoms with Crippen LogP contribution in [0.3, 0.4) is 0 Å². The number of aliphatic hydroxyl groups excluding tert-OH is 1. The van der Waals surface area contributed by atoms with Gasteiger partial charge in [0.1, 0.15) is 5.38 Å². The second-order valence-electron chi connectivity index (χ2n) is 2.06. The van der Waals surface area contributed by atoms with Crippen molar-refractivity contribution in [2.45, 2.75) is 18.7 Å². The number of thiol groups is 1. The van der Waals surface area contributed by atoms with Crippen LogP contribution in [-0.4, -0.2) is 33.8 Å². The Bertz CT molecular complexity index is 134. The van der Waals surface area contributed by atoms with E-state index in [1.54, 1.807) is 0 Å². The Kier molecular flexibility index (Phi) is 5.72. The molecule has 5 heteroatoms. The van der Waals surface area contributed by atoms with Gasteiger partial charge in [0.05, 0.1) is 13.2 Å². The van der Waals surface area contributed by atoms with Crippen LogP contribution >= 0.6 is 24.4 Å². The number of rotatable bonds is 4. The van der Waals surface area contributed by atoms with Gasteiger partial charge in [-0.15, -0.1) is 11.6 Å². The number of hydrogen-bond acceptors (Lipinski definition) is 3. The minimum absolute atomic E-state index is 0.0947. The lowest BCUT2D eigenvalue weighted by Gasteiger charge is -2.16. The van der Waals surface area contributed by atoms with E-state index in [0.29, 0.717) is 6.42 Å². The molecule has 0 aromatic carbocycles. The van der Waals surface area contributed by atoms with Gasteiger partial charge < -0.3 is 5.11 Å². The standard InChI is InChI=1S/C6H12ClNO2S/c1-2-5(7)6(10)8(11)3-4-9/h5,9,11H,2-4H2,1H3. The molecule has 0 heterocycles. The molecule has 0 aliphatic rings. The van der Waals surface area contributed by atoms with Crippen molar-refractivity contribution in [1.82, 2.24) is 4.31 Å². The van der Waals surface area contributed by atoms with Gasteiger partial charge >= 0.3 is 0 Å². The van der Waals surface area contributed by atoms with E-state index in [-0.39, 0.29) is 19.1 Å². The molecule has 1 N–H and O–H groups in total. The zero-order valence-electron chi connectivity index (χ0n) is 6.33. The van der Waals surface area contributed by atoms with E-state index in [1.807, 2.05) is 6.92 Å². The Labute approximate surface area is 76.9 Å². The first-order chi connectivity index (χ1) is 5.13. The minimum Gasteiger partial charge on any atom is -0.394 e. The predicted octanol–water partition coefficient (Wildman–Crippen LogP) is 0.669. The number of alkyl halides is 1. The molecule has 11 heavy (non-hydrogen) atoms. The summed E-state index contributed by atoms with van der Waals surface area (Å²) in [7, 11) is 0. The van der Waals surface area contributed by atoms with Crippen LogP contribution in [0, 0.1) is 0 Å². The maximum absolute atomic E-state index is 11.1. The summed E-state index contributed by atoms with van der Waals surface area (Å²) in [6.07, 6.45) is 0.572. The van der Waals surface area contributed by atoms with Crippen LogP contribution < -0.4 is 0 Å². The van der Waals surface area contributed by atoms with Crippen LogP contribution in [0.25, 0.3) is 0 Å². The lowest BCUT2D eigenvalue weighted by atomic mass is 10.3. The molecule has 0 fully saturated rings. The first kappa shape index (κ1) is 11.1. The number of nitrogens with zero attached hydrogens (tertiary/aromatic N) is 1. The first-order valence-electron chi connectivity index (χ1n) is 3.38. The van der Waals surface area contributed by atoms with Crippen molar-refractivity contribution in [3.63, 3.8) is 0 Å². The summed E-state index contributed by atoms with van der Waals surface area (Å²) in [4.78, 5) is 11.1. The van der Waals surface area contributed by atoms with Gasteiger partial charge in [0.25, 0.3) is 0 Å². The summed E-state index contributed by atoms with van der Waals surface area (Å²) in [5, 5.41) is 7.93. The first-order valence-corrected chi connectivity index (χ1v) is 4.22. The van der Waals surface area contributed by atoms with Crippen LogP contribution in [0.4, 0.5) is 0 Å². The maximum Gasteiger partial charge on any atom is 0.250 e. The van der Waals surface area contributed by atoms with Gasteiger partial charge in [0.15, 0.2) is 0 Å². The Morgan fingerprint density at radius 1 is 1.82 bits per heavy atom. The molecule has 0 aromatic heterocycles. The summed E-state index contributed by atoms with van der Waals surface area (Å²) < 4.78 is 1.13. The highest BCUT2D eigenvalue weighted by Gasteiger charge is 2.17. The number of hydrogen-bond donors (Lipinski definition) is 2. The third-order valence-electron chi connectivity index (χ3n) is 1.19. The molecule has 0 saturated heterocycles. The quantitative estimate of drug-likeness (QED) is 0.514. The van der Waals surface area contributed by atoms with Crippen molar-refractivity contribution in [2.24, 2.45) is 0 Å². The van der Waals surface area contributed by atoms with Gasteiger partial charge in [-0.05, 0) is 6.42 Å². The van der Waals surface area contributed by atoms with E-state index in [9.17, 15) is 4.79 Å². The molecule has 3 nitrogen and oxygen atoms in total. The normalized spacial score (nSPS) is 12.7. The second kappa shape index (κ2) is 5.69. The highest BCUT2D eigenvalue weighted by Crippen LogP contribution is 2.07. The van der Waals surface area contributed by atoms with E-state index in [1.165, 1.54) is 0 Å². The third-order valence-corrected chi connectivity index (χ3v) is 2.08. The fraction of sp³-hybridized carbons (Fsp3) is 0.833. The molecule has 0 saturated carbocycles. The van der Waals surface area contributed by atoms with Crippen LogP contribution in [0.1, 0.15) is 13.3 Å². The topological polar surface area (TPSA) is 40.5 Å². The molecule has 0 aromatic rings. The number of amides is 1. The van der Waals surface area contributed by atoms with Crippen LogP contribution in [0.2, 0.25) is 0 Å². The summed E-state index contributed by atoms with van der Waals surface area (Å²) in [5.41, 5.74) is 0. The third kappa shape index (κ3) is 3.84. The molecule has 0 radical (unpaired) electrons. The largest absolute Gasteiger partial charge is 0.394 e. The van der Waals surface area contributed by atoms with Crippen molar-refractivity contribution in [1.29, 1.82) is 0 Å². The van der Waals surface area contributed by atoms with Gasteiger partial charge in [-0.25, -0.2) is 0 Å². The van der Waals surface area contributed by atoms with Crippen molar-refractivity contribution < 1.29 is 9.90 Å². The lowest BCUT2D eigenvalue weighted by Crippen LogP contribution is -2.31. The molecule has 66 valence electrons. The van der Waals surface area contributed by atoms with E-state index >= 15 is 0 Å². The van der Waals surface area contributed by atoms with Crippen LogP contribution in [0.5, 0.6) is 0 Å². The predicted molar refractivity (Wildman–Crippen MR) is 47.7 cm³/mol. The highest BCUT2D eigenvalue weighted by molar-refractivity contribution is 7.78. The summed E-state index contributed by atoms with van der Waals surface area (Å²) in [6, 6.07) is 0. The second-order valence-corrected chi connectivity index (χ2v) is 3.07. The zero-order valence-corrected chi connectivity index (χ0v) is 7.98. The summed E-state index contributed by atoms with van der Waals surface area (Å²) >= 11 is 9.46. The van der Waals surface area contributed by atoms with Crippen molar-refractivity contribution in [3.05, 3.63) is 0 Å². The zero-order chi connectivity index (χ0) is 8.85. The van der Waals surface area contributed by atoms with Gasteiger partial charge in [0.2, 0.25) is 5.91 Å². The highest BCUT2D eigenvalue weighted by atomic mass is 35.5. The van der Waals surface area contributed by atoms with Gasteiger partial charge in [-0.2, -0.15) is 0 Å². The number of carbonyl (C=O) groups is 1. The Morgan fingerprint density at radius 3 is 2.73 bits per heavy atom. The molecule has 1 atom stereocenters. The molecule has 0 spiro atoms. The molecule has 0 aliphatic carbocycles. The van der Waals surface area contributed by atoms with Gasteiger partial charge in [-0.3, -0.25) is 9.10 Å². The summed E-state index contributed by atoms with van der Waals surface area (Å²) in [5.74, 6) is -0.258. The number of halogens is 1. The van der Waals surface area contributed by atoms with Crippen molar-refractivity contribution in [2.75, 3.05) is 13.2 Å². The molecule has 0 rings (SSSR count). The van der Waals surface area contributed by atoms with Gasteiger partial charge in [-0.1, -0.05) is 19.7 Å². The van der Waals surface area contributed by atoms with E-state index in [0.717, 1.165) is 4.31 Å². The fourth-order valence-electron chi connectivity index (χ4n) is 0.541. The molecule has 1 amide bonds. The Hall–Kier alpha value is 0.0700. The monoisotopic (exact) mass is 197 g/mol. The minimum atomic E-state index is -0.529. The molecule has 1 unspecified atom stereocenters. The van der Waals surface area contributed by atoms with E-state index in [2.05, 4.69) is 12.8 Å². The molecule has 0 aliphatic heterocycles. The molecule has 0 bridgehead atoms. The van der Waals surface area contributed by atoms with Gasteiger partial charge in [0, 0.05) is 0 Å². The summed E-state index contributed by atoms with van der Waals surface area (Å²) in [6.45, 7) is 1.93. The average molecular weight is 198 g/mol. The average Bonchev–Trinajstić information content (AvgIpc) is 2.02. The maximum atomic E-state index is 11.1. The van der Waals surface area contributed by atoms with Crippen LogP contribution in [0.15, 0.2) is 0 Å².